The number of fused-ring (bicyclic) bond motifs is 2. The van der Waals surface area contributed by atoms with Crippen LogP contribution >= 0.6 is 15.9 Å². The van der Waals surface area contributed by atoms with Crippen molar-refractivity contribution in [2.24, 2.45) is 0 Å². The molecule has 2 aliphatic rings. The van der Waals surface area contributed by atoms with E-state index in [2.05, 4.69) is 39.4 Å². The minimum absolute atomic E-state index is 0.355. The molecule has 0 saturated heterocycles. The van der Waals surface area contributed by atoms with Gasteiger partial charge in [-0.05, 0) is 36.5 Å². The van der Waals surface area contributed by atoms with Gasteiger partial charge in [-0.25, -0.2) is 0 Å². The molecule has 1 nitrogen and oxygen atoms in total. The van der Waals surface area contributed by atoms with Crippen LogP contribution in [-0.4, -0.2) is 6.54 Å². The molecule has 1 aromatic carbocycles. The van der Waals surface area contributed by atoms with Crippen LogP contribution in [-0.2, 0) is 12.0 Å². The average molecular weight is 238 g/mol. The number of rotatable bonds is 0. The lowest BCUT2D eigenvalue weighted by Gasteiger charge is -2.27. The van der Waals surface area contributed by atoms with Gasteiger partial charge < -0.3 is 5.32 Å². The molecule has 0 amide bonds. The van der Waals surface area contributed by atoms with Gasteiger partial charge in [-0.1, -0.05) is 28.1 Å². The molecular weight excluding hydrogens is 226 g/mol. The summed E-state index contributed by atoms with van der Waals surface area (Å²) in [6.45, 7) is 1.14. The van der Waals surface area contributed by atoms with Crippen molar-refractivity contribution >= 4 is 15.9 Å². The summed E-state index contributed by atoms with van der Waals surface area (Å²) in [7, 11) is 0. The first-order valence-corrected chi connectivity index (χ1v) is 5.64. The lowest BCUT2D eigenvalue weighted by atomic mass is 9.92. The van der Waals surface area contributed by atoms with E-state index in [1.165, 1.54) is 34.9 Å². The Labute approximate surface area is 86.7 Å². The van der Waals surface area contributed by atoms with Gasteiger partial charge in [0.15, 0.2) is 0 Å². The first-order valence-electron chi connectivity index (χ1n) is 4.85. The highest BCUT2D eigenvalue weighted by Crippen LogP contribution is 2.50. The zero-order valence-corrected chi connectivity index (χ0v) is 9.02. The molecule has 0 aromatic heterocycles. The third-order valence-electron chi connectivity index (χ3n) is 3.19. The summed E-state index contributed by atoms with van der Waals surface area (Å²) in [6.07, 6.45) is 3.79. The molecule has 0 bridgehead atoms. The zero-order chi connectivity index (χ0) is 8.89. The van der Waals surface area contributed by atoms with Crippen LogP contribution in [0, 0.1) is 0 Å². The maximum absolute atomic E-state index is 3.66. The van der Waals surface area contributed by atoms with E-state index in [4.69, 9.17) is 0 Å². The van der Waals surface area contributed by atoms with Crippen LogP contribution in [0.15, 0.2) is 22.7 Å². The van der Waals surface area contributed by atoms with Gasteiger partial charge >= 0.3 is 0 Å². The van der Waals surface area contributed by atoms with E-state index in [-0.39, 0.29) is 0 Å². The van der Waals surface area contributed by atoms with E-state index in [0.717, 1.165) is 6.54 Å². The third kappa shape index (κ3) is 1.09. The first kappa shape index (κ1) is 8.01. The van der Waals surface area contributed by atoms with Crippen LogP contribution in [0.1, 0.15) is 24.0 Å². The van der Waals surface area contributed by atoms with E-state index < -0.39 is 0 Å². The van der Waals surface area contributed by atoms with Gasteiger partial charge in [0.2, 0.25) is 0 Å². The summed E-state index contributed by atoms with van der Waals surface area (Å²) in [6, 6.07) is 6.57. The van der Waals surface area contributed by atoms with E-state index >= 15 is 0 Å². The van der Waals surface area contributed by atoms with Crippen LogP contribution in [0.4, 0.5) is 0 Å². The summed E-state index contributed by atoms with van der Waals surface area (Å²) in [5.74, 6) is 0. The molecule has 0 atom stereocenters. The normalized spacial score (nSPS) is 22.8. The smallest absolute Gasteiger partial charge is 0.0450 e. The molecule has 1 heterocycles. The van der Waals surface area contributed by atoms with Gasteiger partial charge in [-0.15, -0.1) is 0 Å². The molecule has 0 radical (unpaired) electrons. The second-order valence-corrected chi connectivity index (χ2v) is 4.89. The van der Waals surface area contributed by atoms with Crippen molar-refractivity contribution in [2.75, 3.05) is 6.54 Å². The van der Waals surface area contributed by atoms with Crippen LogP contribution < -0.4 is 5.32 Å². The fraction of sp³-hybridized carbons (Fsp3) is 0.455. The molecule has 1 spiro atoms. The molecule has 68 valence electrons. The van der Waals surface area contributed by atoms with Gasteiger partial charge in [0.1, 0.15) is 0 Å². The zero-order valence-electron chi connectivity index (χ0n) is 7.44. The Balaban J connectivity index is 2.21. The van der Waals surface area contributed by atoms with Gasteiger partial charge in [0.05, 0.1) is 0 Å². The quantitative estimate of drug-likeness (QED) is 0.732. The van der Waals surface area contributed by atoms with E-state index in [1.54, 1.807) is 0 Å². The van der Waals surface area contributed by atoms with Gasteiger partial charge in [0, 0.05) is 16.6 Å². The lowest BCUT2D eigenvalue weighted by molar-refractivity contribution is 0.487. The highest BCUT2D eigenvalue weighted by molar-refractivity contribution is 9.10. The first-order chi connectivity index (χ1) is 6.32. The number of halogens is 1. The van der Waals surface area contributed by atoms with Gasteiger partial charge in [0.25, 0.3) is 0 Å². The number of hydrogen-bond acceptors (Lipinski definition) is 1. The molecule has 1 saturated carbocycles. The van der Waals surface area contributed by atoms with Crippen molar-refractivity contribution in [3.63, 3.8) is 0 Å². The topological polar surface area (TPSA) is 12.0 Å². The van der Waals surface area contributed by atoms with Crippen LogP contribution in [0.5, 0.6) is 0 Å². The fourth-order valence-electron chi connectivity index (χ4n) is 2.39. The largest absolute Gasteiger partial charge is 0.307 e. The predicted molar refractivity (Wildman–Crippen MR) is 56.8 cm³/mol. The molecule has 0 unspecified atom stereocenters. The average Bonchev–Trinajstić information content (AvgIpc) is 2.86. The Morgan fingerprint density at radius 3 is 2.92 bits per heavy atom. The summed E-state index contributed by atoms with van der Waals surface area (Å²) in [5.41, 5.74) is 3.42. The summed E-state index contributed by atoms with van der Waals surface area (Å²) in [5, 5.41) is 3.64. The number of nitrogens with one attached hydrogen (secondary N) is 1. The fourth-order valence-corrected chi connectivity index (χ4v) is 3.18. The van der Waals surface area contributed by atoms with Crippen molar-refractivity contribution in [1.29, 1.82) is 0 Å². The second kappa shape index (κ2) is 2.58. The van der Waals surface area contributed by atoms with E-state index in [9.17, 15) is 0 Å². The monoisotopic (exact) mass is 237 g/mol. The van der Waals surface area contributed by atoms with Crippen molar-refractivity contribution in [2.45, 2.75) is 24.8 Å². The Morgan fingerprint density at radius 1 is 1.31 bits per heavy atom. The molecule has 1 aliphatic heterocycles. The Bertz CT molecular complexity index is 355. The molecule has 3 rings (SSSR count). The highest BCUT2D eigenvalue weighted by atomic mass is 79.9. The molecule has 1 fully saturated rings. The summed E-state index contributed by atoms with van der Waals surface area (Å²) >= 11 is 3.66. The number of benzene rings is 1. The lowest BCUT2D eigenvalue weighted by Crippen LogP contribution is -2.36. The Morgan fingerprint density at radius 2 is 2.15 bits per heavy atom. The Kier molecular flexibility index (Phi) is 1.59. The minimum atomic E-state index is 0.355. The third-order valence-corrected chi connectivity index (χ3v) is 3.85. The highest BCUT2D eigenvalue weighted by Gasteiger charge is 2.47. The van der Waals surface area contributed by atoms with Crippen molar-refractivity contribution in [3.05, 3.63) is 33.8 Å². The molecule has 2 heteroatoms. The van der Waals surface area contributed by atoms with E-state index in [0.29, 0.717) is 5.54 Å². The van der Waals surface area contributed by atoms with Crippen LogP contribution in [0.3, 0.4) is 0 Å². The summed E-state index contributed by atoms with van der Waals surface area (Å²) < 4.78 is 1.29. The van der Waals surface area contributed by atoms with Crippen molar-refractivity contribution in [3.8, 4) is 0 Å². The molecule has 13 heavy (non-hydrogen) atoms. The molecule has 1 aliphatic carbocycles. The van der Waals surface area contributed by atoms with Crippen LogP contribution in [0.25, 0.3) is 0 Å². The van der Waals surface area contributed by atoms with Crippen LogP contribution in [0.2, 0.25) is 0 Å². The van der Waals surface area contributed by atoms with Crippen molar-refractivity contribution in [1.82, 2.24) is 5.32 Å². The SMILES string of the molecule is Brc1cccc2c1C1(CC1)NCC2. The maximum Gasteiger partial charge on any atom is 0.0450 e. The standard InChI is InChI=1S/C11H12BrN/c12-9-3-1-2-8-4-7-13-11(5-6-11)10(8)9/h1-3,13H,4-7H2. The van der Waals surface area contributed by atoms with Gasteiger partial charge in [-0.3, -0.25) is 0 Å². The summed E-state index contributed by atoms with van der Waals surface area (Å²) in [4.78, 5) is 0. The number of hydrogen-bond donors (Lipinski definition) is 1. The van der Waals surface area contributed by atoms with Gasteiger partial charge in [-0.2, -0.15) is 0 Å². The molecular formula is C11H12BrN. The minimum Gasteiger partial charge on any atom is -0.307 e. The molecule has 1 aromatic rings. The predicted octanol–water partition coefficient (Wildman–Crippen LogP) is 2.58. The molecule has 1 N–H and O–H groups in total. The van der Waals surface area contributed by atoms with E-state index in [1.807, 2.05) is 0 Å². The van der Waals surface area contributed by atoms with Crippen molar-refractivity contribution < 1.29 is 0 Å². The Hall–Kier alpha value is -0.340. The second-order valence-electron chi connectivity index (χ2n) is 4.03. The maximum atomic E-state index is 3.66.